The van der Waals surface area contributed by atoms with Gasteiger partial charge in [0.25, 0.3) is 0 Å². The first kappa shape index (κ1) is 14.5. The van der Waals surface area contributed by atoms with Gasteiger partial charge in [-0.2, -0.15) is 0 Å². The van der Waals surface area contributed by atoms with E-state index in [4.69, 9.17) is 5.73 Å². The number of methoxy groups -OCH3 is 1. The smallest absolute Gasteiger partial charge is 0.311 e. The van der Waals surface area contributed by atoms with E-state index in [0.717, 1.165) is 29.5 Å². The zero-order valence-corrected chi connectivity index (χ0v) is 12.5. The summed E-state index contributed by atoms with van der Waals surface area (Å²) >= 11 is 1.57. The first-order valence-electron chi connectivity index (χ1n) is 6.88. The van der Waals surface area contributed by atoms with E-state index >= 15 is 0 Å². The van der Waals surface area contributed by atoms with Gasteiger partial charge in [0, 0.05) is 5.38 Å². The van der Waals surface area contributed by atoms with Gasteiger partial charge in [-0.25, -0.2) is 4.98 Å². The lowest BCUT2D eigenvalue weighted by atomic mass is 9.76. The van der Waals surface area contributed by atoms with Crippen LogP contribution in [0.15, 0.2) is 5.38 Å². The Kier molecular flexibility index (Phi) is 4.58. The second kappa shape index (κ2) is 6.01. The zero-order chi connectivity index (χ0) is 13.9. The zero-order valence-electron chi connectivity index (χ0n) is 11.6. The number of hydrogen-bond donors (Lipinski definition) is 1. The quantitative estimate of drug-likeness (QED) is 0.862. The number of ether oxygens (including phenoxy) is 1. The first-order valence-corrected chi connectivity index (χ1v) is 7.76. The first-order chi connectivity index (χ1) is 9.07. The van der Waals surface area contributed by atoms with E-state index in [9.17, 15) is 4.79 Å². The average molecular weight is 282 g/mol. The minimum absolute atomic E-state index is 0.237. The van der Waals surface area contributed by atoms with E-state index < -0.39 is 0 Å². The SMILES string of the molecule is CCC1CCC(N)(c2nc(CC(=O)OC)cs2)CC1. The van der Waals surface area contributed by atoms with Crippen LogP contribution >= 0.6 is 11.3 Å². The Morgan fingerprint density at radius 1 is 1.58 bits per heavy atom. The van der Waals surface area contributed by atoms with Crippen LogP contribution in [0.5, 0.6) is 0 Å². The molecule has 2 rings (SSSR count). The van der Waals surface area contributed by atoms with Crippen molar-refractivity contribution in [1.82, 2.24) is 4.98 Å². The molecule has 5 heteroatoms. The number of thiazole rings is 1. The van der Waals surface area contributed by atoms with Crippen molar-refractivity contribution >= 4 is 17.3 Å². The van der Waals surface area contributed by atoms with Crippen molar-refractivity contribution in [2.24, 2.45) is 11.7 Å². The fourth-order valence-corrected chi connectivity index (χ4v) is 3.64. The van der Waals surface area contributed by atoms with Crippen LogP contribution in [0.3, 0.4) is 0 Å². The van der Waals surface area contributed by atoms with Crippen molar-refractivity contribution in [2.45, 2.75) is 51.0 Å². The van der Waals surface area contributed by atoms with E-state index in [-0.39, 0.29) is 17.9 Å². The highest BCUT2D eigenvalue weighted by atomic mass is 32.1. The molecule has 0 atom stereocenters. The van der Waals surface area contributed by atoms with Crippen LogP contribution < -0.4 is 5.73 Å². The highest BCUT2D eigenvalue weighted by Crippen LogP contribution is 2.39. The molecule has 0 spiro atoms. The van der Waals surface area contributed by atoms with Gasteiger partial charge in [-0.3, -0.25) is 4.79 Å². The molecule has 0 aromatic carbocycles. The van der Waals surface area contributed by atoms with Crippen molar-refractivity contribution in [3.63, 3.8) is 0 Å². The number of carbonyl (C=O) groups is 1. The topological polar surface area (TPSA) is 65.2 Å². The van der Waals surface area contributed by atoms with Crippen LogP contribution in [0.25, 0.3) is 0 Å². The molecule has 19 heavy (non-hydrogen) atoms. The van der Waals surface area contributed by atoms with Gasteiger partial charge in [0.1, 0.15) is 5.01 Å². The largest absolute Gasteiger partial charge is 0.469 e. The van der Waals surface area contributed by atoms with Crippen molar-refractivity contribution in [1.29, 1.82) is 0 Å². The van der Waals surface area contributed by atoms with Gasteiger partial charge in [-0.15, -0.1) is 11.3 Å². The lowest BCUT2D eigenvalue weighted by Gasteiger charge is -2.35. The average Bonchev–Trinajstić information content (AvgIpc) is 2.89. The Morgan fingerprint density at radius 3 is 2.84 bits per heavy atom. The fraction of sp³-hybridized carbons (Fsp3) is 0.714. The highest BCUT2D eigenvalue weighted by Gasteiger charge is 2.35. The number of esters is 1. The van der Waals surface area contributed by atoms with E-state index in [2.05, 4.69) is 16.6 Å². The Morgan fingerprint density at radius 2 is 2.26 bits per heavy atom. The maximum Gasteiger partial charge on any atom is 0.311 e. The number of carbonyl (C=O) groups excluding carboxylic acids is 1. The van der Waals surface area contributed by atoms with Gasteiger partial charge >= 0.3 is 5.97 Å². The normalized spacial score (nSPS) is 27.2. The molecule has 0 amide bonds. The summed E-state index contributed by atoms with van der Waals surface area (Å²) in [5.41, 5.74) is 6.99. The standard InChI is InChI=1S/C14H22N2O2S/c1-3-10-4-6-14(15,7-5-10)13-16-11(9-19-13)8-12(17)18-2/h9-10H,3-8,15H2,1-2H3. The fourth-order valence-electron chi connectivity index (χ4n) is 2.65. The van der Waals surface area contributed by atoms with Crippen LogP contribution in [0.1, 0.15) is 49.7 Å². The summed E-state index contributed by atoms with van der Waals surface area (Å²) in [7, 11) is 1.39. The number of rotatable bonds is 4. The minimum Gasteiger partial charge on any atom is -0.469 e. The Labute approximate surface area is 118 Å². The van der Waals surface area contributed by atoms with E-state index in [0.29, 0.717) is 0 Å². The molecular weight excluding hydrogens is 260 g/mol. The van der Waals surface area contributed by atoms with Crippen LogP contribution in [-0.4, -0.2) is 18.1 Å². The monoisotopic (exact) mass is 282 g/mol. The predicted octanol–water partition coefficient (Wildman–Crippen LogP) is 2.61. The van der Waals surface area contributed by atoms with Gasteiger partial charge in [0.15, 0.2) is 0 Å². The molecule has 1 aliphatic carbocycles. The summed E-state index contributed by atoms with van der Waals surface area (Å²) in [5, 5.41) is 2.90. The summed E-state index contributed by atoms with van der Waals surface area (Å²) < 4.78 is 4.66. The number of nitrogens with two attached hydrogens (primary N) is 1. The predicted molar refractivity (Wildman–Crippen MR) is 75.9 cm³/mol. The Hall–Kier alpha value is -0.940. The van der Waals surface area contributed by atoms with Crippen molar-refractivity contribution < 1.29 is 9.53 Å². The number of hydrogen-bond acceptors (Lipinski definition) is 5. The van der Waals surface area contributed by atoms with Crippen molar-refractivity contribution in [3.05, 3.63) is 16.1 Å². The second-order valence-electron chi connectivity index (χ2n) is 5.40. The maximum atomic E-state index is 11.2. The molecule has 0 bridgehead atoms. The molecule has 0 aliphatic heterocycles. The molecule has 1 aromatic heterocycles. The van der Waals surface area contributed by atoms with Crippen LogP contribution in [-0.2, 0) is 21.5 Å². The summed E-state index contributed by atoms with van der Waals surface area (Å²) in [4.78, 5) is 15.8. The van der Waals surface area contributed by atoms with Crippen LogP contribution in [0.4, 0.5) is 0 Å². The molecule has 1 heterocycles. The summed E-state index contributed by atoms with van der Waals surface area (Å²) in [6.45, 7) is 2.24. The molecular formula is C14H22N2O2S. The van der Waals surface area contributed by atoms with Gasteiger partial charge < -0.3 is 10.5 Å². The van der Waals surface area contributed by atoms with E-state index in [1.54, 1.807) is 11.3 Å². The Balaban J connectivity index is 2.03. The molecule has 1 aliphatic rings. The minimum atomic E-state index is -0.287. The van der Waals surface area contributed by atoms with Crippen molar-refractivity contribution in [3.8, 4) is 0 Å². The van der Waals surface area contributed by atoms with Gasteiger partial charge in [0.05, 0.1) is 24.8 Å². The molecule has 0 radical (unpaired) electrons. The number of nitrogens with zero attached hydrogens (tertiary/aromatic N) is 1. The molecule has 0 unspecified atom stereocenters. The molecule has 2 N–H and O–H groups in total. The van der Waals surface area contributed by atoms with Crippen LogP contribution in [0.2, 0.25) is 0 Å². The summed E-state index contributed by atoms with van der Waals surface area (Å²) in [5.74, 6) is 0.559. The van der Waals surface area contributed by atoms with E-state index in [1.807, 2.05) is 5.38 Å². The van der Waals surface area contributed by atoms with E-state index in [1.165, 1.54) is 26.4 Å². The third-order valence-corrected chi connectivity index (χ3v) is 5.22. The third-order valence-electron chi connectivity index (χ3n) is 4.11. The van der Waals surface area contributed by atoms with Crippen LogP contribution in [0, 0.1) is 5.92 Å². The van der Waals surface area contributed by atoms with Crippen molar-refractivity contribution in [2.75, 3.05) is 7.11 Å². The molecule has 4 nitrogen and oxygen atoms in total. The Bertz CT molecular complexity index is 436. The third kappa shape index (κ3) is 3.34. The molecule has 1 aromatic rings. The van der Waals surface area contributed by atoms with Gasteiger partial charge in [-0.1, -0.05) is 13.3 Å². The number of aromatic nitrogens is 1. The molecule has 0 saturated heterocycles. The molecule has 1 saturated carbocycles. The molecule has 106 valence electrons. The molecule has 1 fully saturated rings. The highest BCUT2D eigenvalue weighted by molar-refractivity contribution is 7.09. The maximum absolute atomic E-state index is 11.2. The van der Waals surface area contributed by atoms with Gasteiger partial charge in [0.2, 0.25) is 0 Å². The second-order valence-corrected chi connectivity index (χ2v) is 6.26. The summed E-state index contributed by atoms with van der Waals surface area (Å²) in [6.07, 6.45) is 5.83. The lowest BCUT2D eigenvalue weighted by Crippen LogP contribution is -2.40. The van der Waals surface area contributed by atoms with Gasteiger partial charge in [-0.05, 0) is 31.6 Å². The lowest BCUT2D eigenvalue weighted by molar-refractivity contribution is -0.139. The summed E-state index contributed by atoms with van der Waals surface area (Å²) in [6, 6.07) is 0.